The van der Waals surface area contributed by atoms with Crippen LogP contribution in [0.15, 0.2) is 0 Å². The molecule has 0 aromatic carbocycles. The fraction of sp³-hybridized carbons (Fsp3) is 0.500. The molecule has 0 heterocycles. The molecule has 0 aliphatic heterocycles. The van der Waals surface area contributed by atoms with E-state index in [9.17, 15) is 9.59 Å². The SMILES string of the molecule is CC(=O)[N]([SnH])C(C)=O. The Labute approximate surface area is 61.5 Å². The van der Waals surface area contributed by atoms with Crippen molar-refractivity contribution in [1.82, 2.24) is 3.12 Å². The van der Waals surface area contributed by atoms with Gasteiger partial charge in [-0.2, -0.15) is 0 Å². The van der Waals surface area contributed by atoms with Gasteiger partial charge in [0.05, 0.1) is 0 Å². The molecule has 44 valence electrons. The van der Waals surface area contributed by atoms with Crippen LogP contribution >= 0.6 is 0 Å². The average Bonchev–Trinajstić information content (AvgIpc) is 1.64. The number of hydrogen-bond donors (Lipinski definition) is 0. The standard InChI is InChI=1S/C4H7NO2.Sn.H/c1-3(6)5-4(2)7;;/h1-2H3,(H,5,6,7);;/q;+1;/p-1. The van der Waals surface area contributed by atoms with Gasteiger partial charge in [-0.1, -0.05) is 0 Å². The van der Waals surface area contributed by atoms with Crippen molar-refractivity contribution < 1.29 is 9.59 Å². The van der Waals surface area contributed by atoms with Crippen LogP contribution in [0.2, 0.25) is 0 Å². The fourth-order valence-corrected chi connectivity index (χ4v) is 0.222. The van der Waals surface area contributed by atoms with Crippen molar-refractivity contribution >= 4 is 34.6 Å². The molecule has 0 saturated heterocycles. The minimum absolute atomic E-state index is 0.167. The Hall–Kier alpha value is -0.0613. The van der Waals surface area contributed by atoms with E-state index < -0.39 is 0 Å². The van der Waals surface area contributed by atoms with Gasteiger partial charge in [-0.15, -0.1) is 0 Å². The van der Waals surface area contributed by atoms with Crippen molar-refractivity contribution in [2.75, 3.05) is 0 Å². The van der Waals surface area contributed by atoms with Crippen LogP contribution in [0.25, 0.3) is 0 Å². The van der Waals surface area contributed by atoms with Gasteiger partial charge >= 0.3 is 61.2 Å². The quantitative estimate of drug-likeness (QED) is 0.501. The Morgan fingerprint density at radius 2 is 1.50 bits per heavy atom. The summed E-state index contributed by atoms with van der Waals surface area (Å²) in [5.41, 5.74) is 0. The maximum atomic E-state index is 10.3. The number of carbonyl (C=O) groups excluding carboxylic acids is 2. The van der Waals surface area contributed by atoms with E-state index in [1.54, 1.807) is 0 Å². The molecular formula is C4H7NO2Sn. The van der Waals surface area contributed by atoms with Crippen LogP contribution in [0, 0.1) is 0 Å². The van der Waals surface area contributed by atoms with Gasteiger partial charge in [0.25, 0.3) is 0 Å². The minimum atomic E-state index is -0.167. The van der Waals surface area contributed by atoms with Gasteiger partial charge in [0.15, 0.2) is 0 Å². The van der Waals surface area contributed by atoms with Gasteiger partial charge in [-0.25, -0.2) is 0 Å². The van der Waals surface area contributed by atoms with Crippen LogP contribution in [0.3, 0.4) is 0 Å². The van der Waals surface area contributed by atoms with Crippen LogP contribution in [-0.4, -0.2) is 37.7 Å². The number of rotatable bonds is 0. The molecule has 8 heavy (non-hydrogen) atoms. The first-order valence-corrected chi connectivity index (χ1v) is 3.59. The van der Waals surface area contributed by atoms with Gasteiger partial charge in [-0.05, 0) is 0 Å². The average molecular weight is 220 g/mol. The molecular weight excluding hydrogens is 213 g/mol. The maximum absolute atomic E-state index is 10.3. The molecule has 2 amide bonds. The first-order chi connectivity index (χ1) is 3.55. The van der Waals surface area contributed by atoms with Gasteiger partial charge < -0.3 is 0 Å². The first kappa shape index (κ1) is 7.94. The molecule has 0 bridgehead atoms. The van der Waals surface area contributed by atoms with E-state index in [1.165, 1.54) is 17.0 Å². The Bertz CT molecular complexity index is 109. The van der Waals surface area contributed by atoms with Crippen LogP contribution in [0.5, 0.6) is 0 Å². The molecule has 0 fully saturated rings. The van der Waals surface area contributed by atoms with Gasteiger partial charge in [0.1, 0.15) is 0 Å². The molecule has 0 rings (SSSR count). The van der Waals surface area contributed by atoms with Crippen molar-refractivity contribution in [2.45, 2.75) is 13.8 Å². The Morgan fingerprint density at radius 3 is 1.50 bits per heavy atom. The van der Waals surface area contributed by atoms with Crippen molar-refractivity contribution in [2.24, 2.45) is 0 Å². The van der Waals surface area contributed by atoms with Crippen molar-refractivity contribution in [3.8, 4) is 0 Å². The molecule has 0 aliphatic carbocycles. The number of imide groups is 1. The molecule has 2 radical (unpaired) electrons. The molecule has 4 heteroatoms. The molecule has 0 unspecified atom stereocenters. The predicted octanol–water partition coefficient (Wildman–Crippen LogP) is -0.803. The molecule has 0 aliphatic rings. The number of nitrogens with zero attached hydrogens (tertiary/aromatic N) is 1. The van der Waals surface area contributed by atoms with E-state index in [2.05, 4.69) is 0 Å². The van der Waals surface area contributed by atoms with Crippen LogP contribution in [-0.2, 0) is 9.59 Å². The van der Waals surface area contributed by atoms with Crippen molar-refractivity contribution in [3.05, 3.63) is 0 Å². The molecule has 0 aromatic rings. The van der Waals surface area contributed by atoms with E-state index in [4.69, 9.17) is 0 Å². The normalized spacial score (nSPS) is 8.38. The summed E-state index contributed by atoms with van der Waals surface area (Å²) in [5, 5.41) is 0. The Morgan fingerprint density at radius 1 is 1.25 bits per heavy atom. The number of carbonyl (C=O) groups is 2. The third-order valence-electron chi connectivity index (χ3n) is 0.679. The summed E-state index contributed by atoms with van der Waals surface area (Å²) in [6.07, 6.45) is 0. The second-order valence-corrected chi connectivity index (χ2v) is 2.88. The second-order valence-electron chi connectivity index (χ2n) is 1.41. The van der Waals surface area contributed by atoms with Crippen LogP contribution < -0.4 is 0 Å². The summed E-state index contributed by atoms with van der Waals surface area (Å²) < 4.78 is 1.19. The summed E-state index contributed by atoms with van der Waals surface area (Å²) in [5.74, 6) is -0.334. The summed E-state index contributed by atoms with van der Waals surface area (Å²) >= 11 is 0.554. The van der Waals surface area contributed by atoms with E-state index in [0.717, 1.165) is 0 Å². The number of amides is 2. The Kier molecular flexibility index (Phi) is 3.04. The van der Waals surface area contributed by atoms with Gasteiger partial charge in [0.2, 0.25) is 0 Å². The molecule has 0 N–H and O–H groups in total. The Balaban J connectivity index is 3.83. The molecule has 0 atom stereocenters. The van der Waals surface area contributed by atoms with E-state index in [1.807, 2.05) is 0 Å². The first-order valence-electron chi connectivity index (χ1n) is 2.11. The second kappa shape index (κ2) is 3.06. The molecule has 0 spiro atoms. The topological polar surface area (TPSA) is 37.4 Å². The van der Waals surface area contributed by atoms with Crippen molar-refractivity contribution in [1.29, 1.82) is 0 Å². The third kappa shape index (κ3) is 2.30. The molecule has 0 saturated carbocycles. The van der Waals surface area contributed by atoms with E-state index in [0.29, 0.717) is 22.8 Å². The molecule has 3 nitrogen and oxygen atoms in total. The third-order valence-corrected chi connectivity index (χ3v) is 2.75. The summed E-state index contributed by atoms with van der Waals surface area (Å²) in [4.78, 5) is 20.6. The van der Waals surface area contributed by atoms with Gasteiger partial charge in [0, 0.05) is 0 Å². The zero-order valence-corrected chi connectivity index (χ0v) is 8.14. The fourth-order valence-electron chi connectivity index (χ4n) is 0.222. The summed E-state index contributed by atoms with van der Waals surface area (Å²) in [7, 11) is 0. The van der Waals surface area contributed by atoms with Crippen LogP contribution in [0.4, 0.5) is 0 Å². The monoisotopic (exact) mass is 221 g/mol. The van der Waals surface area contributed by atoms with E-state index >= 15 is 0 Å². The number of hydrogen-bond acceptors (Lipinski definition) is 2. The van der Waals surface area contributed by atoms with Gasteiger partial charge in [-0.3, -0.25) is 0 Å². The molecule has 0 aromatic heterocycles. The summed E-state index contributed by atoms with van der Waals surface area (Å²) in [6.45, 7) is 2.76. The van der Waals surface area contributed by atoms with Crippen LogP contribution in [0.1, 0.15) is 13.8 Å². The zero-order valence-electron chi connectivity index (χ0n) is 4.84. The zero-order chi connectivity index (χ0) is 6.73. The van der Waals surface area contributed by atoms with E-state index in [-0.39, 0.29) is 11.8 Å². The van der Waals surface area contributed by atoms with Crippen molar-refractivity contribution in [3.63, 3.8) is 0 Å². The summed E-state index contributed by atoms with van der Waals surface area (Å²) in [6, 6.07) is 0. The predicted molar refractivity (Wildman–Crippen MR) is 30.3 cm³/mol.